The van der Waals surface area contributed by atoms with Crippen molar-refractivity contribution in [3.05, 3.63) is 107 Å². The van der Waals surface area contributed by atoms with Crippen LogP contribution in [-0.2, 0) is 13.7 Å². The highest BCUT2D eigenvalue weighted by Gasteiger charge is 2.14. The van der Waals surface area contributed by atoms with Gasteiger partial charge in [-0.2, -0.15) is 5.10 Å². The SMILES string of the molecule is CC(c1ccccc1)n1cc(-c2cn(C)c(=O)cc2OCc2ccccc2)cn1. The van der Waals surface area contributed by atoms with Crippen molar-refractivity contribution < 1.29 is 4.74 Å². The molecule has 0 radical (unpaired) electrons. The van der Waals surface area contributed by atoms with E-state index < -0.39 is 0 Å². The Morgan fingerprint density at radius 2 is 1.69 bits per heavy atom. The second-order valence-corrected chi connectivity index (χ2v) is 7.07. The predicted octanol–water partition coefficient (Wildman–Crippen LogP) is 4.44. The Kier molecular flexibility index (Phi) is 5.29. The largest absolute Gasteiger partial charge is 0.488 e. The van der Waals surface area contributed by atoms with Gasteiger partial charge in [-0.05, 0) is 18.1 Å². The van der Waals surface area contributed by atoms with Crippen LogP contribution in [0.15, 0.2) is 90.1 Å². The third kappa shape index (κ3) is 4.14. The van der Waals surface area contributed by atoms with E-state index in [2.05, 4.69) is 24.2 Å². The quantitative estimate of drug-likeness (QED) is 0.493. The number of benzene rings is 2. The second-order valence-electron chi connectivity index (χ2n) is 7.07. The summed E-state index contributed by atoms with van der Waals surface area (Å²) in [4.78, 5) is 12.2. The maximum atomic E-state index is 12.2. The Hall–Kier alpha value is -3.60. The first-order chi connectivity index (χ1) is 14.1. The van der Waals surface area contributed by atoms with Crippen molar-refractivity contribution in [1.29, 1.82) is 0 Å². The molecule has 4 aromatic rings. The zero-order valence-electron chi connectivity index (χ0n) is 16.5. The summed E-state index contributed by atoms with van der Waals surface area (Å²) in [5.74, 6) is 0.559. The molecular formula is C24H23N3O2. The minimum Gasteiger partial charge on any atom is -0.488 e. The van der Waals surface area contributed by atoms with Gasteiger partial charge in [-0.15, -0.1) is 0 Å². The summed E-state index contributed by atoms with van der Waals surface area (Å²) in [5, 5.41) is 4.55. The lowest BCUT2D eigenvalue weighted by Gasteiger charge is -2.13. The minimum atomic E-state index is -0.109. The zero-order valence-corrected chi connectivity index (χ0v) is 16.5. The van der Waals surface area contributed by atoms with Gasteiger partial charge in [0.15, 0.2) is 0 Å². The average molecular weight is 385 g/mol. The Bertz CT molecular complexity index is 1150. The standard InChI is InChI=1S/C24H23N3O2/c1-18(20-11-7-4-8-12-20)27-15-21(14-25-27)22-16-26(2)24(28)13-23(22)29-17-19-9-5-3-6-10-19/h3-16,18H,17H2,1-2H3. The van der Waals surface area contributed by atoms with E-state index in [1.165, 1.54) is 11.6 Å². The molecule has 2 heterocycles. The summed E-state index contributed by atoms with van der Waals surface area (Å²) in [6.07, 6.45) is 5.61. The molecule has 0 fully saturated rings. The molecule has 0 bridgehead atoms. The average Bonchev–Trinajstić information content (AvgIpc) is 3.25. The summed E-state index contributed by atoms with van der Waals surface area (Å²) in [6, 6.07) is 21.8. The number of hydrogen-bond donors (Lipinski definition) is 0. The molecule has 0 N–H and O–H groups in total. The Morgan fingerprint density at radius 3 is 2.41 bits per heavy atom. The van der Waals surface area contributed by atoms with Crippen molar-refractivity contribution in [2.45, 2.75) is 19.6 Å². The van der Waals surface area contributed by atoms with Gasteiger partial charge >= 0.3 is 0 Å². The van der Waals surface area contributed by atoms with Crippen LogP contribution in [0.2, 0.25) is 0 Å². The summed E-state index contributed by atoms with van der Waals surface area (Å²) >= 11 is 0. The van der Waals surface area contributed by atoms with E-state index in [1.807, 2.05) is 65.6 Å². The van der Waals surface area contributed by atoms with E-state index in [1.54, 1.807) is 17.8 Å². The van der Waals surface area contributed by atoms with Gasteiger partial charge in [0.05, 0.1) is 12.2 Å². The molecule has 0 amide bonds. The molecule has 2 aromatic heterocycles. The van der Waals surface area contributed by atoms with Gasteiger partial charge in [-0.1, -0.05) is 60.7 Å². The summed E-state index contributed by atoms with van der Waals surface area (Å²) in [7, 11) is 1.74. The number of rotatable bonds is 6. The minimum absolute atomic E-state index is 0.103. The smallest absolute Gasteiger partial charge is 0.254 e. The second kappa shape index (κ2) is 8.19. The molecule has 146 valence electrons. The van der Waals surface area contributed by atoms with Crippen LogP contribution in [0.5, 0.6) is 5.75 Å². The van der Waals surface area contributed by atoms with Gasteiger partial charge < -0.3 is 9.30 Å². The fraction of sp³-hybridized carbons (Fsp3) is 0.167. The summed E-state index contributed by atoms with van der Waals surface area (Å²) < 4.78 is 9.50. The van der Waals surface area contributed by atoms with Crippen molar-refractivity contribution in [2.75, 3.05) is 0 Å². The molecule has 29 heavy (non-hydrogen) atoms. The first-order valence-corrected chi connectivity index (χ1v) is 9.58. The lowest BCUT2D eigenvalue weighted by molar-refractivity contribution is 0.306. The molecule has 2 aromatic carbocycles. The lowest BCUT2D eigenvalue weighted by atomic mass is 10.1. The van der Waals surface area contributed by atoms with Crippen LogP contribution in [-0.4, -0.2) is 14.3 Å². The maximum absolute atomic E-state index is 12.2. The monoisotopic (exact) mass is 385 g/mol. The van der Waals surface area contributed by atoms with E-state index in [0.29, 0.717) is 12.4 Å². The summed E-state index contributed by atoms with van der Waals surface area (Å²) in [5.41, 5.74) is 3.87. The number of hydrogen-bond acceptors (Lipinski definition) is 3. The maximum Gasteiger partial charge on any atom is 0.254 e. The third-order valence-corrected chi connectivity index (χ3v) is 5.02. The van der Waals surface area contributed by atoms with Crippen LogP contribution >= 0.6 is 0 Å². The molecule has 4 rings (SSSR count). The van der Waals surface area contributed by atoms with Gasteiger partial charge in [-0.25, -0.2) is 0 Å². The Morgan fingerprint density at radius 1 is 1.00 bits per heavy atom. The molecule has 0 spiro atoms. The lowest BCUT2D eigenvalue weighted by Crippen LogP contribution is -2.16. The van der Waals surface area contributed by atoms with Crippen LogP contribution in [0.3, 0.4) is 0 Å². The van der Waals surface area contributed by atoms with Gasteiger partial charge in [-0.3, -0.25) is 9.48 Å². The molecule has 5 nitrogen and oxygen atoms in total. The third-order valence-electron chi connectivity index (χ3n) is 5.02. The van der Waals surface area contributed by atoms with Gasteiger partial charge in [0.2, 0.25) is 0 Å². The van der Waals surface area contributed by atoms with Crippen LogP contribution in [0.1, 0.15) is 24.1 Å². The zero-order chi connectivity index (χ0) is 20.2. The Balaban J connectivity index is 1.65. The van der Waals surface area contributed by atoms with E-state index in [-0.39, 0.29) is 11.6 Å². The number of nitrogens with zero attached hydrogens (tertiary/aromatic N) is 3. The molecule has 0 aliphatic carbocycles. The number of ether oxygens (including phenoxy) is 1. The van der Waals surface area contributed by atoms with Gasteiger partial charge in [0.1, 0.15) is 12.4 Å². The highest BCUT2D eigenvalue weighted by molar-refractivity contribution is 5.68. The first kappa shape index (κ1) is 18.7. The number of aromatic nitrogens is 3. The highest BCUT2D eigenvalue weighted by atomic mass is 16.5. The van der Waals surface area contributed by atoms with Crippen molar-refractivity contribution in [3.63, 3.8) is 0 Å². The van der Waals surface area contributed by atoms with Crippen molar-refractivity contribution in [1.82, 2.24) is 14.3 Å². The number of pyridine rings is 1. The van der Waals surface area contributed by atoms with Crippen LogP contribution < -0.4 is 10.3 Å². The fourth-order valence-electron chi connectivity index (χ4n) is 3.26. The highest BCUT2D eigenvalue weighted by Crippen LogP contribution is 2.30. The predicted molar refractivity (Wildman–Crippen MR) is 114 cm³/mol. The van der Waals surface area contributed by atoms with E-state index >= 15 is 0 Å². The molecule has 0 aliphatic rings. The van der Waals surface area contributed by atoms with Gasteiger partial charge in [0.25, 0.3) is 5.56 Å². The summed E-state index contributed by atoms with van der Waals surface area (Å²) in [6.45, 7) is 2.51. The molecule has 0 aliphatic heterocycles. The first-order valence-electron chi connectivity index (χ1n) is 9.58. The van der Waals surface area contributed by atoms with E-state index in [9.17, 15) is 4.79 Å². The molecular weight excluding hydrogens is 362 g/mol. The van der Waals surface area contributed by atoms with E-state index in [0.717, 1.165) is 16.7 Å². The van der Waals surface area contributed by atoms with Crippen molar-refractivity contribution >= 4 is 0 Å². The molecule has 1 unspecified atom stereocenters. The number of aryl methyl sites for hydroxylation is 1. The topological polar surface area (TPSA) is 49.0 Å². The van der Waals surface area contributed by atoms with Crippen LogP contribution in [0.4, 0.5) is 0 Å². The van der Waals surface area contributed by atoms with Crippen LogP contribution in [0, 0.1) is 0 Å². The molecule has 1 atom stereocenters. The van der Waals surface area contributed by atoms with Crippen molar-refractivity contribution in [3.8, 4) is 16.9 Å². The van der Waals surface area contributed by atoms with E-state index in [4.69, 9.17) is 4.74 Å². The van der Waals surface area contributed by atoms with Gasteiger partial charge in [0, 0.05) is 36.6 Å². The van der Waals surface area contributed by atoms with Crippen LogP contribution in [0.25, 0.3) is 11.1 Å². The fourth-order valence-corrected chi connectivity index (χ4v) is 3.26. The van der Waals surface area contributed by atoms with Crippen molar-refractivity contribution in [2.24, 2.45) is 7.05 Å². The molecule has 0 saturated heterocycles. The normalized spacial score (nSPS) is 11.9. The molecule has 5 heteroatoms. The molecule has 0 saturated carbocycles. The Labute approximate surface area is 169 Å².